The fourth-order valence-electron chi connectivity index (χ4n) is 2.18. The van der Waals surface area contributed by atoms with Crippen molar-refractivity contribution in [2.75, 3.05) is 6.79 Å². The molecule has 0 radical (unpaired) electrons. The van der Waals surface area contributed by atoms with Crippen LogP contribution in [0.2, 0.25) is 0 Å². The highest BCUT2D eigenvalue weighted by Gasteiger charge is 2.16. The van der Waals surface area contributed by atoms with E-state index in [1.807, 2.05) is 18.2 Å². The summed E-state index contributed by atoms with van der Waals surface area (Å²) in [7, 11) is 0. The number of aromatic hydroxyl groups is 1. The summed E-state index contributed by atoms with van der Waals surface area (Å²) in [6, 6.07) is 6.96. The van der Waals surface area contributed by atoms with Gasteiger partial charge < -0.3 is 19.1 Å². The van der Waals surface area contributed by atoms with Crippen molar-refractivity contribution < 1.29 is 19.1 Å². The number of aromatic nitrogens is 4. The van der Waals surface area contributed by atoms with Crippen molar-refractivity contribution in [2.24, 2.45) is 0 Å². The molecule has 0 spiro atoms. The predicted octanol–water partition coefficient (Wildman–Crippen LogP) is 2.56. The van der Waals surface area contributed by atoms with E-state index in [9.17, 15) is 5.11 Å². The number of rotatable bonds is 4. The predicted molar refractivity (Wildman–Crippen MR) is 83.9 cm³/mol. The van der Waals surface area contributed by atoms with Gasteiger partial charge in [0.2, 0.25) is 24.4 Å². The Kier molecular flexibility index (Phi) is 3.69. The molecular weight excluding hydrogens is 332 g/mol. The van der Waals surface area contributed by atoms with E-state index in [-0.39, 0.29) is 12.7 Å². The number of benzene rings is 1. The summed E-state index contributed by atoms with van der Waals surface area (Å²) in [6.45, 7) is 2.01. The first-order valence-corrected chi connectivity index (χ1v) is 8.06. The summed E-state index contributed by atoms with van der Waals surface area (Å²) in [6.07, 6.45) is 0. The maximum absolute atomic E-state index is 9.48. The van der Waals surface area contributed by atoms with Gasteiger partial charge in [0.05, 0.1) is 5.75 Å². The highest BCUT2D eigenvalue weighted by Crippen LogP contribution is 2.35. The number of hydrogen-bond donors (Lipinski definition) is 1. The van der Waals surface area contributed by atoms with Gasteiger partial charge in [-0.3, -0.25) is 0 Å². The van der Waals surface area contributed by atoms with Crippen molar-refractivity contribution in [2.45, 2.75) is 17.8 Å². The van der Waals surface area contributed by atoms with Gasteiger partial charge in [0.1, 0.15) is 0 Å². The van der Waals surface area contributed by atoms with Gasteiger partial charge in [-0.15, -0.1) is 0 Å². The number of hydrogen-bond acceptors (Lipinski definition) is 9. The molecule has 3 aromatic rings. The van der Waals surface area contributed by atoms with Gasteiger partial charge >= 0.3 is 0 Å². The lowest BCUT2D eigenvalue weighted by Crippen LogP contribution is -1.92. The van der Waals surface area contributed by atoms with Crippen molar-refractivity contribution in [3.63, 3.8) is 0 Å². The molecule has 0 unspecified atom stereocenters. The summed E-state index contributed by atoms with van der Waals surface area (Å²) in [4.78, 5) is 12.5. The zero-order chi connectivity index (χ0) is 16.5. The minimum atomic E-state index is -0.0587. The van der Waals surface area contributed by atoms with E-state index in [4.69, 9.17) is 14.0 Å². The first-order valence-electron chi connectivity index (χ1n) is 7.07. The Labute approximate surface area is 140 Å². The minimum Gasteiger partial charge on any atom is -0.493 e. The monoisotopic (exact) mass is 344 g/mol. The van der Waals surface area contributed by atoms with E-state index in [1.165, 1.54) is 17.8 Å². The number of nitrogens with zero attached hydrogens (tertiary/aromatic N) is 4. The van der Waals surface area contributed by atoms with Crippen LogP contribution in [0.4, 0.5) is 0 Å². The molecule has 122 valence electrons. The van der Waals surface area contributed by atoms with Gasteiger partial charge in [-0.2, -0.15) is 9.97 Å². The van der Waals surface area contributed by atoms with Crippen LogP contribution in [0.1, 0.15) is 11.6 Å². The Bertz CT molecular complexity index is 879. The van der Waals surface area contributed by atoms with Crippen LogP contribution >= 0.6 is 11.8 Å². The average Bonchev–Trinajstić information content (AvgIpc) is 3.20. The number of aryl methyl sites for hydroxylation is 1. The van der Waals surface area contributed by atoms with Crippen LogP contribution in [-0.2, 0) is 5.75 Å². The third kappa shape index (κ3) is 2.98. The topological polar surface area (TPSA) is 103 Å². The van der Waals surface area contributed by atoms with Crippen LogP contribution < -0.4 is 9.47 Å². The van der Waals surface area contributed by atoms with E-state index in [2.05, 4.69) is 20.1 Å². The van der Waals surface area contributed by atoms with E-state index in [0.29, 0.717) is 39.8 Å². The molecule has 0 fully saturated rings. The second-order valence-corrected chi connectivity index (χ2v) is 5.96. The number of fused-ring (bicyclic) bond motifs is 1. The van der Waals surface area contributed by atoms with E-state index in [0.717, 1.165) is 5.56 Å². The van der Waals surface area contributed by atoms with Gasteiger partial charge in [-0.25, -0.2) is 4.98 Å². The van der Waals surface area contributed by atoms with Crippen molar-refractivity contribution >= 4 is 11.8 Å². The van der Waals surface area contributed by atoms with Crippen molar-refractivity contribution in [3.05, 3.63) is 35.9 Å². The lowest BCUT2D eigenvalue weighted by molar-refractivity contribution is 0.174. The summed E-state index contributed by atoms with van der Waals surface area (Å²) in [5, 5.41) is 13.9. The molecule has 24 heavy (non-hydrogen) atoms. The molecule has 0 saturated heterocycles. The molecule has 1 aliphatic heterocycles. The Hall–Kier alpha value is -2.81. The van der Waals surface area contributed by atoms with Crippen molar-refractivity contribution in [1.82, 2.24) is 20.1 Å². The van der Waals surface area contributed by atoms with Gasteiger partial charge in [-0.05, 0) is 25.1 Å². The van der Waals surface area contributed by atoms with Gasteiger partial charge in [-0.1, -0.05) is 16.9 Å². The summed E-state index contributed by atoms with van der Waals surface area (Å²) >= 11 is 1.31. The lowest BCUT2D eigenvalue weighted by atomic mass is 10.2. The fraction of sp³-hybridized carbons (Fsp3) is 0.200. The summed E-state index contributed by atoms with van der Waals surface area (Å²) in [5.74, 6) is 2.62. The largest absolute Gasteiger partial charge is 0.493 e. The van der Waals surface area contributed by atoms with Crippen molar-refractivity contribution in [1.29, 1.82) is 0 Å². The lowest BCUT2D eigenvalue weighted by Gasteiger charge is -1.99. The summed E-state index contributed by atoms with van der Waals surface area (Å²) in [5.41, 5.74) is 1.47. The molecule has 3 heterocycles. The van der Waals surface area contributed by atoms with Gasteiger partial charge in [0, 0.05) is 17.3 Å². The Morgan fingerprint density at radius 3 is 2.88 bits per heavy atom. The van der Waals surface area contributed by atoms with E-state index in [1.54, 1.807) is 6.92 Å². The maximum Gasteiger partial charge on any atom is 0.237 e. The minimum absolute atomic E-state index is 0.0587. The maximum atomic E-state index is 9.48. The number of thioether (sulfide) groups is 1. The Morgan fingerprint density at radius 2 is 2.00 bits per heavy atom. The van der Waals surface area contributed by atoms with Gasteiger partial charge in [0.15, 0.2) is 16.7 Å². The third-order valence-corrected chi connectivity index (χ3v) is 4.08. The first-order chi connectivity index (χ1) is 11.7. The molecule has 8 nitrogen and oxygen atoms in total. The molecule has 1 N–H and O–H groups in total. The quantitative estimate of drug-likeness (QED) is 0.565. The molecule has 1 aliphatic rings. The standard InChI is InChI=1S/C15H12N4O4S/c1-8-4-12(20)17-15(16-8)24-6-13-18-14(19-23-13)9-2-3-10-11(5-9)22-7-21-10/h2-5H,6-7H2,1H3,(H,16,17,20). The molecule has 9 heteroatoms. The molecule has 0 amide bonds. The van der Waals surface area contributed by atoms with Crippen LogP contribution in [0.3, 0.4) is 0 Å². The molecule has 0 atom stereocenters. The highest BCUT2D eigenvalue weighted by molar-refractivity contribution is 7.98. The van der Waals surface area contributed by atoms with Crippen LogP contribution in [-0.4, -0.2) is 32.0 Å². The van der Waals surface area contributed by atoms with Crippen LogP contribution in [0, 0.1) is 6.92 Å². The normalized spacial score (nSPS) is 12.5. The van der Waals surface area contributed by atoms with Gasteiger partial charge in [0.25, 0.3) is 0 Å². The molecule has 0 aliphatic carbocycles. The van der Waals surface area contributed by atoms with E-state index >= 15 is 0 Å². The molecule has 2 aromatic heterocycles. The van der Waals surface area contributed by atoms with Crippen LogP contribution in [0.5, 0.6) is 17.4 Å². The molecule has 0 bridgehead atoms. The number of ether oxygens (including phenoxy) is 2. The SMILES string of the molecule is Cc1cc(O)nc(SCc2nc(-c3ccc4c(c3)OCO4)no2)n1. The van der Waals surface area contributed by atoms with Crippen molar-refractivity contribution in [3.8, 4) is 28.8 Å². The highest BCUT2D eigenvalue weighted by atomic mass is 32.2. The molecule has 0 saturated carbocycles. The second kappa shape index (κ2) is 6.00. The van der Waals surface area contributed by atoms with Crippen LogP contribution in [0.15, 0.2) is 33.9 Å². The third-order valence-electron chi connectivity index (χ3n) is 3.24. The Balaban J connectivity index is 1.48. The van der Waals surface area contributed by atoms with E-state index < -0.39 is 0 Å². The second-order valence-electron chi connectivity index (χ2n) is 5.02. The smallest absolute Gasteiger partial charge is 0.237 e. The molecule has 4 rings (SSSR count). The zero-order valence-corrected chi connectivity index (χ0v) is 13.4. The van der Waals surface area contributed by atoms with Crippen LogP contribution in [0.25, 0.3) is 11.4 Å². The Morgan fingerprint density at radius 1 is 1.12 bits per heavy atom. The summed E-state index contributed by atoms with van der Waals surface area (Å²) < 4.78 is 15.9. The average molecular weight is 344 g/mol. The molecule has 1 aromatic carbocycles. The molecular formula is C15H12N4O4S. The first kappa shape index (κ1) is 14.8. The fourth-order valence-corrected chi connectivity index (χ4v) is 2.92. The zero-order valence-electron chi connectivity index (χ0n) is 12.6.